The Hall–Kier alpha value is -1.64. The van der Waals surface area contributed by atoms with Crippen molar-refractivity contribution in [2.24, 2.45) is 0 Å². The van der Waals surface area contributed by atoms with Crippen LogP contribution in [-0.4, -0.2) is 28.9 Å². The number of imidazole rings is 1. The molecule has 0 radical (unpaired) electrons. The minimum absolute atomic E-state index is 0.0225. The van der Waals surface area contributed by atoms with Gasteiger partial charge in [0.25, 0.3) is 8.32 Å². The minimum Gasteiger partial charge on any atom is -0.542 e. The van der Waals surface area contributed by atoms with E-state index in [2.05, 4.69) is 54.8 Å². The van der Waals surface area contributed by atoms with Gasteiger partial charge in [0.05, 0.1) is 11.0 Å². The summed E-state index contributed by atoms with van der Waals surface area (Å²) in [7, 11) is -2.17. The summed E-state index contributed by atoms with van der Waals surface area (Å²) in [6.07, 6.45) is 1.73. The molecule has 0 bridgehead atoms. The van der Waals surface area contributed by atoms with Crippen molar-refractivity contribution in [1.82, 2.24) is 9.55 Å². The Morgan fingerprint density at radius 2 is 2.00 bits per heavy atom. The van der Waals surface area contributed by atoms with Crippen LogP contribution in [0.5, 0.6) is 5.75 Å². The fourth-order valence-electron chi connectivity index (χ4n) is 2.54. The summed E-state index contributed by atoms with van der Waals surface area (Å²) in [5.74, 6) is -0.469. The number of fused-ring (bicyclic) bond motifs is 1. The number of halogens is 1. The van der Waals surface area contributed by atoms with Gasteiger partial charge in [-0.25, -0.2) is 9.78 Å². The number of carboxylic acids is 1. The van der Waals surface area contributed by atoms with Gasteiger partial charge in [-0.15, -0.1) is 11.3 Å². The highest BCUT2D eigenvalue weighted by Gasteiger charge is 2.41. The number of carboxylic acid groups (broad SMARTS) is 1. The van der Waals surface area contributed by atoms with Gasteiger partial charge in [-0.3, -0.25) is 4.57 Å². The lowest BCUT2D eigenvalue weighted by Gasteiger charge is -2.36. The maximum absolute atomic E-state index is 11.9. The summed E-state index contributed by atoms with van der Waals surface area (Å²) in [6, 6.07) is 5.87. The van der Waals surface area contributed by atoms with Crippen molar-refractivity contribution in [1.29, 1.82) is 0 Å². The van der Waals surface area contributed by atoms with Crippen LogP contribution in [0.25, 0.3) is 16.0 Å². The Bertz CT molecular complexity index is 1030. The van der Waals surface area contributed by atoms with Crippen molar-refractivity contribution in [3.05, 3.63) is 39.4 Å². The lowest BCUT2D eigenvalue weighted by Crippen LogP contribution is -2.44. The highest BCUT2D eigenvalue weighted by molar-refractivity contribution is 9.10. The number of carbonyl (C=O) groups is 1. The van der Waals surface area contributed by atoms with Gasteiger partial charge in [-0.1, -0.05) is 36.7 Å². The molecule has 0 spiro atoms. The van der Waals surface area contributed by atoms with E-state index < -0.39 is 14.3 Å². The van der Waals surface area contributed by atoms with E-state index >= 15 is 0 Å². The van der Waals surface area contributed by atoms with E-state index in [0.717, 1.165) is 26.1 Å². The minimum atomic E-state index is -2.17. The van der Waals surface area contributed by atoms with Crippen LogP contribution >= 0.6 is 27.3 Å². The number of benzene rings is 1. The number of aromatic carboxylic acids is 1. The Morgan fingerprint density at radius 1 is 1.33 bits per heavy atom. The zero-order valence-corrected chi connectivity index (χ0v) is 19.7. The van der Waals surface area contributed by atoms with Crippen molar-refractivity contribution < 1.29 is 14.3 Å². The van der Waals surface area contributed by atoms with E-state index in [-0.39, 0.29) is 9.92 Å². The van der Waals surface area contributed by atoms with E-state index in [4.69, 9.17) is 4.43 Å². The second kappa shape index (κ2) is 6.75. The lowest BCUT2D eigenvalue weighted by molar-refractivity contribution is 0.0700. The van der Waals surface area contributed by atoms with Gasteiger partial charge < -0.3 is 9.53 Å². The van der Waals surface area contributed by atoms with E-state index in [0.29, 0.717) is 5.75 Å². The summed E-state index contributed by atoms with van der Waals surface area (Å²) in [6.45, 7) is 12.6. The van der Waals surface area contributed by atoms with Crippen LogP contribution in [0.3, 0.4) is 0 Å². The first-order valence-corrected chi connectivity index (χ1v) is 13.1. The third kappa shape index (κ3) is 3.57. The molecule has 0 aliphatic carbocycles. The second-order valence-electron chi connectivity index (χ2n) is 8.11. The molecule has 0 unspecified atom stereocenters. The summed E-state index contributed by atoms with van der Waals surface area (Å²) in [5, 5.41) is 10.6. The largest absolute Gasteiger partial charge is 0.542 e. The van der Waals surface area contributed by atoms with Crippen molar-refractivity contribution in [2.75, 3.05) is 0 Å². The average molecular weight is 467 g/mol. The molecule has 3 aromatic rings. The highest BCUT2D eigenvalue weighted by atomic mass is 79.9. The van der Waals surface area contributed by atoms with Crippen LogP contribution in [0.2, 0.25) is 18.1 Å². The van der Waals surface area contributed by atoms with Crippen LogP contribution in [0.1, 0.15) is 36.0 Å². The predicted molar refractivity (Wildman–Crippen MR) is 116 cm³/mol. The maximum Gasteiger partial charge on any atom is 0.349 e. The van der Waals surface area contributed by atoms with Crippen LogP contribution in [0.4, 0.5) is 0 Å². The predicted octanol–water partition coefficient (Wildman–Crippen LogP) is 6.24. The molecule has 144 valence electrons. The SMILES string of the molecule is Cc1c(-n2cnc3cc(Br)ccc32)sc(C(=O)O)c1O[Si](C)(C)C(C)(C)C. The first-order chi connectivity index (χ1) is 12.4. The summed E-state index contributed by atoms with van der Waals surface area (Å²) in [5.41, 5.74) is 2.61. The first kappa shape index (κ1) is 20.1. The van der Waals surface area contributed by atoms with Crippen LogP contribution in [0.15, 0.2) is 29.0 Å². The molecule has 0 saturated carbocycles. The van der Waals surface area contributed by atoms with E-state index in [1.54, 1.807) is 6.33 Å². The number of hydrogen-bond acceptors (Lipinski definition) is 4. The molecule has 0 amide bonds. The number of nitrogens with zero attached hydrogens (tertiary/aromatic N) is 2. The number of thiophene rings is 1. The molecule has 3 rings (SSSR count). The van der Waals surface area contributed by atoms with Crippen molar-refractivity contribution in [2.45, 2.75) is 45.8 Å². The first-order valence-electron chi connectivity index (χ1n) is 8.61. The van der Waals surface area contributed by atoms with Crippen molar-refractivity contribution in [3.63, 3.8) is 0 Å². The third-order valence-corrected chi connectivity index (χ3v) is 11.2. The molecule has 2 aromatic heterocycles. The monoisotopic (exact) mass is 466 g/mol. The Labute approximate surface area is 172 Å². The molecule has 2 heterocycles. The highest BCUT2D eigenvalue weighted by Crippen LogP contribution is 2.44. The Balaban J connectivity index is 2.17. The van der Waals surface area contributed by atoms with Gasteiger partial charge in [0.1, 0.15) is 17.1 Å². The van der Waals surface area contributed by atoms with Crippen LogP contribution in [-0.2, 0) is 0 Å². The van der Waals surface area contributed by atoms with Crippen molar-refractivity contribution in [3.8, 4) is 10.8 Å². The molecular formula is C19H23BrN2O3SSi. The summed E-state index contributed by atoms with van der Waals surface area (Å²) in [4.78, 5) is 16.6. The smallest absolute Gasteiger partial charge is 0.349 e. The van der Waals surface area contributed by atoms with Gasteiger partial charge in [0.15, 0.2) is 4.88 Å². The Morgan fingerprint density at radius 3 is 2.59 bits per heavy atom. The molecule has 1 aromatic carbocycles. The number of rotatable bonds is 4. The lowest BCUT2D eigenvalue weighted by atomic mass is 10.2. The summed E-state index contributed by atoms with van der Waals surface area (Å²) >= 11 is 4.69. The molecule has 0 aliphatic rings. The topological polar surface area (TPSA) is 64.4 Å². The Kier molecular flexibility index (Phi) is 5.03. The second-order valence-corrected chi connectivity index (χ2v) is 14.7. The van der Waals surface area contributed by atoms with Gasteiger partial charge in [0.2, 0.25) is 0 Å². The van der Waals surface area contributed by atoms with Crippen molar-refractivity contribution >= 4 is 52.6 Å². The molecule has 0 fully saturated rings. The van der Waals surface area contributed by atoms with E-state index in [1.165, 1.54) is 11.3 Å². The molecular weight excluding hydrogens is 444 g/mol. The fraction of sp³-hybridized carbons (Fsp3) is 0.368. The van der Waals surface area contributed by atoms with Crippen LogP contribution < -0.4 is 4.43 Å². The maximum atomic E-state index is 11.9. The molecule has 0 aliphatic heterocycles. The fourth-order valence-corrected chi connectivity index (χ4v) is 5.09. The molecule has 5 nitrogen and oxygen atoms in total. The third-order valence-electron chi connectivity index (χ3n) is 5.15. The number of hydrogen-bond donors (Lipinski definition) is 1. The average Bonchev–Trinajstić information content (AvgIpc) is 3.07. The van der Waals surface area contributed by atoms with Gasteiger partial charge in [0, 0.05) is 10.0 Å². The number of aromatic nitrogens is 2. The van der Waals surface area contributed by atoms with Crippen LogP contribution in [0, 0.1) is 6.92 Å². The van der Waals surface area contributed by atoms with Gasteiger partial charge >= 0.3 is 5.97 Å². The zero-order chi connectivity index (χ0) is 20.1. The molecule has 1 N–H and O–H groups in total. The quantitative estimate of drug-likeness (QED) is 0.462. The molecule has 0 atom stereocenters. The normalized spacial score (nSPS) is 12.6. The zero-order valence-electron chi connectivity index (χ0n) is 16.3. The molecule has 27 heavy (non-hydrogen) atoms. The van der Waals surface area contributed by atoms with Gasteiger partial charge in [-0.05, 0) is 43.3 Å². The van der Waals surface area contributed by atoms with E-state index in [1.807, 2.05) is 29.7 Å². The molecule has 0 saturated heterocycles. The van der Waals surface area contributed by atoms with Gasteiger partial charge in [-0.2, -0.15) is 0 Å². The standard InChI is InChI=1S/C19H23BrN2O3SSi/c1-11-15(25-27(5,6)19(2,3)4)16(18(23)24)26-17(11)22-10-21-13-9-12(20)7-8-14(13)22/h7-10H,1-6H3,(H,23,24). The molecule has 8 heteroatoms. The van der Waals surface area contributed by atoms with E-state index in [9.17, 15) is 9.90 Å². The summed E-state index contributed by atoms with van der Waals surface area (Å²) < 4.78 is 9.32.